The Bertz CT molecular complexity index is 879. The van der Waals surface area contributed by atoms with E-state index in [1.165, 1.54) is 7.11 Å². The summed E-state index contributed by atoms with van der Waals surface area (Å²) in [4.78, 5) is 37.8. The Morgan fingerprint density at radius 2 is 1.77 bits per heavy atom. The zero-order valence-electron chi connectivity index (χ0n) is 20.7. The lowest BCUT2D eigenvalue weighted by Gasteiger charge is -2.42. The summed E-state index contributed by atoms with van der Waals surface area (Å²) < 4.78 is 5.10. The molecule has 35 heavy (non-hydrogen) atoms. The van der Waals surface area contributed by atoms with E-state index in [0.717, 1.165) is 0 Å². The molecule has 0 radical (unpaired) electrons. The molecule has 0 spiro atoms. The van der Waals surface area contributed by atoms with Crippen molar-refractivity contribution >= 4 is 17.7 Å². The van der Waals surface area contributed by atoms with Crippen LogP contribution in [0.15, 0.2) is 24.3 Å². The Balaban J connectivity index is 2.13. The highest BCUT2D eigenvalue weighted by Crippen LogP contribution is 2.30. The quantitative estimate of drug-likeness (QED) is 0.195. The number of hydrogen-bond donors (Lipinski definition) is 7. The fourth-order valence-electron chi connectivity index (χ4n) is 4.25. The number of methoxy groups -OCH3 is 1. The molecule has 0 bridgehead atoms. The first-order valence-corrected chi connectivity index (χ1v) is 11.7. The SMILES string of the molecule is CN[C@@H](CC(C)C)C(=O)N[C@@H]1C[C@@](O)(C(=O)N[C@@H](Cc2ccc(OC)cc2)C(N)=O)C[C@@H](O)[C@@H]1O. The maximum atomic E-state index is 13.0. The molecule has 1 saturated carbocycles. The van der Waals surface area contributed by atoms with Crippen molar-refractivity contribution in [2.24, 2.45) is 11.7 Å². The number of amides is 3. The number of carbonyl (C=O) groups is 3. The minimum absolute atomic E-state index is 0.0749. The molecule has 11 heteroatoms. The number of ether oxygens (including phenoxy) is 1. The minimum Gasteiger partial charge on any atom is -0.497 e. The molecule has 0 saturated heterocycles. The lowest BCUT2D eigenvalue weighted by molar-refractivity contribution is -0.160. The van der Waals surface area contributed by atoms with Crippen LogP contribution < -0.4 is 26.4 Å². The summed E-state index contributed by atoms with van der Waals surface area (Å²) in [5.41, 5.74) is 4.04. The third-order valence-electron chi connectivity index (χ3n) is 6.28. The van der Waals surface area contributed by atoms with Crippen LogP contribution in [0.4, 0.5) is 0 Å². The third-order valence-corrected chi connectivity index (χ3v) is 6.28. The molecule has 1 aliphatic rings. The number of primary amides is 1. The number of nitrogens with two attached hydrogens (primary N) is 1. The Morgan fingerprint density at radius 1 is 1.14 bits per heavy atom. The second-order valence-electron chi connectivity index (χ2n) is 9.56. The van der Waals surface area contributed by atoms with Crippen LogP contribution in [-0.2, 0) is 20.8 Å². The normalized spacial score (nSPS) is 26.0. The van der Waals surface area contributed by atoms with E-state index in [0.29, 0.717) is 17.7 Å². The molecule has 1 aromatic carbocycles. The van der Waals surface area contributed by atoms with Gasteiger partial charge >= 0.3 is 0 Å². The van der Waals surface area contributed by atoms with Crippen molar-refractivity contribution in [1.82, 2.24) is 16.0 Å². The number of aliphatic hydroxyl groups is 3. The van der Waals surface area contributed by atoms with Crippen molar-refractivity contribution in [2.45, 2.75) is 75.5 Å². The predicted octanol–water partition coefficient (Wildman–Crippen LogP) is -1.43. The molecule has 1 aromatic rings. The summed E-state index contributed by atoms with van der Waals surface area (Å²) in [6, 6.07) is 4.08. The van der Waals surface area contributed by atoms with Crippen molar-refractivity contribution in [3.63, 3.8) is 0 Å². The molecule has 8 N–H and O–H groups in total. The molecule has 0 aromatic heterocycles. The number of likely N-dealkylation sites (N-methyl/N-ethyl adjacent to an activating group) is 1. The lowest BCUT2D eigenvalue weighted by atomic mass is 9.77. The summed E-state index contributed by atoms with van der Waals surface area (Å²) >= 11 is 0. The topological polar surface area (TPSA) is 183 Å². The maximum absolute atomic E-state index is 13.0. The van der Waals surface area contributed by atoms with Crippen molar-refractivity contribution < 1.29 is 34.4 Å². The molecule has 196 valence electrons. The van der Waals surface area contributed by atoms with Crippen LogP contribution in [0.1, 0.15) is 38.7 Å². The zero-order valence-corrected chi connectivity index (χ0v) is 20.7. The third kappa shape index (κ3) is 7.63. The van der Waals surface area contributed by atoms with Crippen LogP contribution in [0.2, 0.25) is 0 Å². The number of hydrogen-bond acceptors (Lipinski definition) is 8. The van der Waals surface area contributed by atoms with Crippen LogP contribution in [0, 0.1) is 5.92 Å². The molecule has 0 heterocycles. The summed E-state index contributed by atoms with van der Waals surface area (Å²) in [6.07, 6.45) is -3.07. The number of rotatable bonds is 11. The van der Waals surface area contributed by atoms with Crippen molar-refractivity contribution in [1.29, 1.82) is 0 Å². The van der Waals surface area contributed by atoms with Gasteiger partial charge < -0.3 is 41.7 Å². The monoisotopic (exact) mass is 494 g/mol. The number of carbonyl (C=O) groups excluding carboxylic acids is 3. The molecule has 6 atom stereocenters. The van der Waals surface area contributed by atoms with Gasteiger partial charge in [0.05, 0.1) is 25.3 Å². The summed E-state index contributed by atoms with van der Waals surface area (Å²) in [7, 11) is 3.16. The van der Waals surface area contributed by atoms with Gasteiger partial charge in [0, 0.05) is 19.3 Å². The zero-order chi connectivity index (χ0) is 26.3. The highest BCUT2D eigenvalue weighted by molar-refractivity contribution is 5.91. The van der Waals surface area contributed by atoms with E-state index in [1.54, 1.807) is 31.3 Å². The highest BCUT2D eigenvalue weighted by atomic mass is 16.5. The number of benzene rings is 1. The first kappa shape index (κ1) is 28.5. The molecule has 2 rings (SSSR count). The van der Waals surface area contributed by atoms with Crippen molar-refractivity contribution in [3.8, 4) is 5.75 Å². The minimum atomic E-state index is -2.14. The number of aliphatic hydroxyl groups excluding tert-OH is 2. The molecule has 11 nitrogen and oxygen atoms in total. The summed E-state index contributed by atoms with van der Waals surface area (Å²) in [5.74, 6) is -1.30. The molecule has 0 unspecified atom stereocenters. The van der Waals surface area contributed by atoms with Crippen molar-refractivity contribution in [3.05, 3.63) is 29.8 Å². The second-order valence-corrected chi connectivity index (χ2v) is 9.56. The molecule has 1 aliphatic carbocycles. The Morgan fingerprint density at radius 3 is 2.29 bits per heavy atom. The van der Waals surface area contributed by atoms with Gasteiger partial charge in [-0.25, -0.2) is 0 Å². The Kier molecular flexibility index (Phi) is 10.0. The summed E-state index contributed by atoms with van der Waals surface area (Å²) in [6.45, 7) is 3.92. The number of nitrogens with one attached hydrogen (secondary N) is 3. The van der Waals surface area contributed by atoms with E-state index in [4.69, 9.17) is 10.5 Å². The van der Waals surface area contributed by atoms with Gasteiger partial charge in [0.2, 0.25) is 11.8 Å². The largest absolute Gasteiger partial charge is 0.497 e. The molecule has 3 amide bonds. The fourth-order valence-corrected chi connectivity index (χ4v) is 4.25. The van der Waals surface area contributed by atoms with E-state index in [2.05, 4.69) is 16.0 Å². The lowest BCUT2D eigenvalue weighted by Crippen LogP contribution is -2.65. The van der Waals surface area contributed by atoms with Gasteiger partial charge in [-0.15, -0.1) is 0 Å². The predicted molar refractivity (Wildman–Crippen MR) is 128 cm³/mol. The first-order valence-electron chi connectivity index (χ1n) is 11.7. The van der Waals surface area contributed by atoms with E-state index in [1.807, 2.05) is 13.8 Å². The maximum Gasteiger partial charge on any atom is 0.252 e. The average Bonchev–Trinajstić information content (AvgIpc) is 2.80. The summed E-state index contributed by atoms with van der Waals surface area (Å²) in [5, 5.41) is 39.9. The first-order chi connectivity index (χ1) is 16.4. The average molecular weight is 495 g/mol. The van der Waals surface area contributed by atoms with Gasteiger partial charge in [-0.2, -0.15) is 0 Å². The Labute approximate surface area is 205 Å². The second kappa shape index (κ2) is 12.3. The van der Waals surface area contributed by atoms with Crippen LogP contribution in [0.25, 0.3) is 0 Å². The van der Waals surface area contributed by atoms with E-state index in [-0.39, 0.29) is 18.8 Å². The van der Waals surface area contributed by atoms with Gasteiger partial charge in [0.25, 0.3) is 5.91 Å². The molecular weight excluding hydrogens is 456 g/mol. The highest BCUT2D eigenvalue weighted by Gasteiger charge is 2.50. The standard InChI is InChI=1S/C24H38N4O7/c1-13(2)9-17(26-3)22(32)27-18-11-24(34,12-19(29)20(18)30)23(33)28-16(21(25)31)10-14-5-7-15(35-4)8-6-14/h5-8,13,16-20,26,29-30,34H,9-12H2,1-4H3,(H2,25,31)(H,27,32)(H,28,33)/t16-,17-,18+,19+,20+,24-/m0/s1. The van der Waals surface area contributed by atoms with Gasteiger partial charge in [0.15, 0.2) is 0 Å². The fraction of sp³-hybridized carbons (Fsp3) is 0.625. The van der Waals surface area contributed by atoms with E-state index < -0.39 is 60.1 Å². The molecule has 1 fully saturated rings. The van der Waals surface area contributed by atoms with Crippen LogP contribution in [-0.4, -0.2) is 83.1 Å². The Hall–Kier alpha value is -2.73. The molecule has 0 aliphatic heterocycles. The van der Waals surface area contributed by atoms with Crippen LogP contribution >= 0.6 is 0 Å². The van der Waals surface area contributed by atoms with Crippen LogP contribution in [0.5, 0.6) is 5.75 Å². The van der Waals surface area contributed by atoms with Crippen LogP contribution in [0.3, 0.4) is 0 Å². The van der Waals surface area contributed by atoms with Gasteiger partial charge in [-0.1, -0.05) is 26.0 Å². The van der Waals surface area contributed by atoms with Gasteiger partial charge in [-0.05, 0) is 37.1 Å². The van der Waals surface area contributed by atoms with Gasteiger partial charge in [0.1, 0.15) is 23.5 Å². The van der Waals surface area contributed by atoms with E-state index >= 15 is 0 Å². The van der Waals surface area contributed by atoms with Gasteiger partial charge in [-0.3, -0.25) is 14.4 Å². The molecular formula is C24H38N4O7. The smallest absolute Gasteiger partial charge is 0.252 e. The van der Waals surface area contributed by atoms with Crippen molar-refractivity contribution in [2.75, 3.05) is 14.2 Å². The van der Waals surface area contributed by atoms with E-state index in [9.17, 15) is 29.7 Å².